The van der Waals surface area contributed by atoms with E-state index in [0.717, 1.165) is 77.0 Å². The number of allylic oxidation sites excluding steroid dienone is 5. The molecule has 0 aliphatic rings. The summed E-state index contributed by atoms with van der Waals surface area (Å²) < 4.78 is 30.4. The van der Waals surface area contributed by atoms with Gasteiger partial charge in [0.25, 0.3) is 7.82 Å². The molecule has 1 N–H and O–H groups in total. The zero-order valence-corrected chi connectivity index (χ0v) is 52.8. The summed E-state index contributed by atoms with van der Waals surface area (Å²) in [5.41, 5.74) is 0. The maximum absolute atomic E-state index is 13.6. The molecule has 454 valence electrons. The summed E-state index contributed by atoms with van der Waals surface area (Å²) in [7, 11) is 1.19. The second kappa shape index (κ2) is 57.5. The van der Waals surface area contributed by atoms with Crippen LogP contribution in [-0.4, -0.2) is 69.4 Å². The van der Waals surface area contributed by atoms with E-state index in [-0.39, 0.29) is 31.5 Å². The monoisotopic (exact) mass is 1100 g/mol. The van der Waals surface area contributed by atoms with E-state index >= 15 is 0 Å². The molecule has 0 fully saturated rings. The van der Waals surface area contributed by atoms with E-state index in [2.05, 4.69) is 50.4 Å². The van der Waals surface area contributed by atoms with Gasteiger partial charge in [-0.3, -0.25) is 14.2 Å². The quantitative estimate of drug-likeness (QED) is 0.0212. The Bertz CT molecular complexity index is 1410. The van der Waals surface area contributed by atoms with Gasteiger partial charge in [0.15, 0.2) is 0 Å². The lowest BCUT2D eigenvalue weighted by Gasteiger charge is -2.30. The van der Waals surface area contributed by atoms with Crippen molar-refractivity contribution in [3.8, 4) is 0 Å². The third-order valence-corrected chi connectivity index (χ3v) is 16.0. The van der Waals surface area contributed by atoms with Gasteiger partial charge in [-0.2, -0.15) is 0 Å². The molecule has 0 heterocycles. The third kappa shape index (κ3) is 58.7. The topological polar surface area (TPSA) is 114 Å². The minimum absolute atomic E-state index is 0.0216. The number of quaternary nitrogens is 1. The number of carbonyl (C=O) groups excluding carboxylic acids is 2. The molecule has 0 aromatic rings. The van der Waals surface area contributed by atoms with Crippen molar-refractivity contribution >= 4 is 19.7 Å². The van der Waals surface area contributed by atoms with Gasteiger partial charge < -0.3 is 28.5 Å². The number of rotatable bonds is 61. The highest BCUT2D eigenvalue weighted by atomic mass is 31.2. The fraction of sp³-hybridized carbons (Fsp3) is 0.881. The molecular weight excluding hydrogens is 976 g/mol. The number of nitrogens with zero attached hydrogens (tertiary/aromatic N) is 1. The summed E-state index contributed by atoms with van der Waals surface area (Å²) in [6.07, 6.45) is 69.7. The van der Waals surface area contributed by atoms with Crippen molar-refractivity contribution in [2.24, 2.45) is 0 Å². The first-order chi connectivity index (χ1) is 37.4. The molecule has 0 aromatic carbocycles. The molecule has 0 saturated carbocycles. The van der Waals surface area contributed by atoms with Crippen LogP contribution in [0.15, 0.2) is 36.5 Å². The minimum Gasteiger partial charge on any atom is -0.756 e. The van der Waals surface area contributed by atoms with Gasteiger partial charge in [0, 0.05) is 12.8 Å². The second-order valence-electron chi connectivity index (χ2n) is 24.0. The Labute approximate surface area is 478 Å². The van der Waals surface area contributed by atoms with E-state index in [1.54, 1.807) is 0 Å². The molecule has 0 rings (SSSR count). The van der Waals surface area contributed by atoms with E-state index in [0.29, 0.717) is 17.4 Å². The number of likely N-dealkylation sites (N-methyl/N-ethyl adjacent to an activating group) is 1. The summed E-state index contributed by atoms with van der Waals surface area (Å²) in [6.45, 7) is 6.86. The first-order valence-electron chi connectivity index (χ1n) is 33.3. The van der Waals surface area contributed by atoms with Crippen LogP contribution >= 0.6 is 7.82 Å². The van der Waals surface area contributed by atoms with Crippen molar-refractivity contribution in [3.05, 3.63) is 36.5 Å². The summed E-state index contributed by atoms with van der Waals surface area (Å²) in [4.78, 5) is 40.1. The van der Waals surface area contributed by atoms with E-state index in [9.17, 15) is 19.0 Å². The molecular formula is C67H129N2O7P. The number of nitrogens with one attached hydrogen (secondary N) is 1. The Morgan fingerprint density at radius 1 is 0.455 bits per heavy atom. The number of carbonyl (C=O) groups is 2. The van der Waals surface area contributed by atoms with E-state index < -0.39 is 20.0 Å². The normalized spacial score (nSPS) is 13.8. The number of phosphoric ester groups is 1. The zero-order chi connectivity index (χ0) is 56.4. The number of esters is 1. The van der Waals surface area contributed by atoms with Gasteiger partial charge in [-0.05, 0) is 63.9 Å². The van der Waals surface area contributed by atoms with Gasteiger partial charge in [-0.25, -0.2) is 0 Å². The third-order valence-electron chi connectivity index (χ3n) is 15.1. The fourth-order valence-corrected chi connectivity index (χ4v) is 10.6. The smallest absolute Gasteiger partial charge is 0.306 e. The lowest BCUT2D eigenvalue weighted by atomic mass is 10.0. The van der Waals surface area contributed by atoms with Gasteiger partial charge >= 0.3 is 5.97 Å². The van der Waals surface area contributed by atoms with Crippen LogP contribution in [0, 0.1) is 0 Å². The van der Waals surface area contributed by atoms with Crippen molar-refractivity contribution in [3.63, 3.8) is 0 Å². The average molecular weight is 1110 g/mol. The second-order valence-corrected chi connectivity index (χ2v) is 25.4. The lowest BCUT2D eigenvalue weighted by molar-refractivity contribution is -0.870. The molecule has 0 saturated heterocycles. The Balaban J connectivity index is 5.18. The van der Waals surface area contributed by atoms with Crippen LogP contribution in [0.1, 0.15) is 329 Å². The maximum atomic E-state index is 13.6. The van der Waals surface area contributed by atoms with Crippen molar-refractivity contribution in [1.29, 1.82) is 0 Å². The van der Waals surface area contributed by atoms with E-state index in [1.807, 2.05) is 33.3 Å². The maximum Gasteiger partial charge on any atom is 0.306 e. The molecule has 0 aliphatic heterocycles. The molecule has 9 nitrogen and oxygen atoms in total. The van der Waals surface area contributed by atoms with Gasteiger partial charge in [0.2, 0.25) is 5.91 Å². The molecule has 3 atom stereocenters. The van der Waals surface area contributed by atoms with E-state index in [1.165, 1.54) is 218 Å². The standard InChI is InChI=1S/C67H129N2O7P/c1-7-10-13-16-19-22-25-28-30-32-33-34-35-37-39-42-45-48-51-54-57-60-67(71)76-65(58-55-52-49-46-43-40-27-24-21-18-15-12-9-3)64(63-75-77(72,73)74-62-61-69(4,5)6)68-66(70)59-56-53-50-47-44-41-38-36-31-29-26-23-20-17-14-11-8-2/h20,23,29,31,55,58,64-65H,7-19,21-22,24-28,30,32-54,56-57,59-63H2,1-6H3,(H-,68,70,72,73)/b23-20-,31-29-,58-55+. The van der Waals surface area contributed by atoms with Gasteiger partial charge in [0.1, 0.15) is 19.3 Å². The predicted octanol–water partition coefficient (Wildman–Crippen LogP) is 20.0. The molecule has 0 bridgehead atoms. The zero-order valence-electron chi connectivity index (χ0n) is 51.9. The number of phosphoric acid groups is 1. The highest BCUT2D eigenvalue weighted by Crippen LogP contribution is 2.38. The molecule has 10 heteroatoms. The lowest BCUT2D eigenvalue weighted by Crippen LogP contribution is -2.47. The van der Waals surface area contributed by atoms with Gasteiger partial charge in [0.05, 0.1) is 33.8 Å². The highest BCUT2D eigenvalue weighted by Gasteiger charge is 2.27. The van der Waals surface area contributed by atoms with Crippen LogP contribution in [0.4, 0.5) is 0 Å². The van der Waals surface area contributed by atoms with Crippen molar-refractivity contribution in [2.75, 3.05) is 40.9 Å². The Morgan fingerprint density at radius 3 is 1.19 bits per heavy atom. The largest absolute Gasteiger partial charge is 0.756 e. The van der Waals surface area contributed by atoms with Crippen LogP contribution in [0.3, 0.4) is 0 Å². The molecule has 77 heavy (non-hydrogen) atoms. The Kier molecular flexibility index (Phi) is 56.1. The van der Waals surface area contributed by atoms with Crippen LogP contribution in [0.2, 0.25) is 0 Å². The average Bonchev–Trinajstić information content (AvgIpc) is 3.39. The summed E-state index contributed by atoms with van der Waals surface area (Å²) in [6, 6.07) is -0.889. The van der Waals surface area contributed by atoms with Crippen LogP contribution in [0.25, 0.3) is 0 Å². The minimum atomic E-state index is -4.70. The number of hydrogen-bond donors (Lipinski definition) is 1. The number of hydrogen-bond acceptors (Lipinski definition) is 7. The van der Waals surface area contributed by atoms with Crippen molar-refractivity contribution in [1.82, 2.24) is 5.32 Å². The van der Waals surface area contributed by atoms with Crippen LogP contribution in [-0.2, 0) is 27.9 Å². The van der Waals surface area contributed by atoms with Crippen LogP contribution < -0.4 is 10.2 Å². The first-order valence-corrected chi connectivity index (χ1v) is 34.8. The highest BCUT2D eigenvalue weighted by molar-refractivity contribution is 7.45. The van der Waals surface area contributed by atoms with Crippen LogP contribution in [0.5, 0.6) is 0 Å². The molecule has 0 spiro atoms. The molecule has 0 radical (unpaired) electrons. The van der Waals surface area contributed by atoms with E-state index in [4.69, 9.17) is 13.8 Å². The molecule has 0 aliphatic carbocycles. The molecule has 0 aromatic heterocycles. The Morgan fingerprint density at radius 2 is 0.792 bits per heavy atom. The van der Waals surface area contributed by atoms with Crippen molar-refractivity contribution in [2.45, 2.75) is 341 Å². The van der Waals surface area contributed by atoms with Crippen molar-refractivity contribution < 1.29 is 37.3 Å². The number of unbranched alkanes of at least 4 members (excludes halogenated alkanes) is 41. The number of amides is 1. The Hall–Kier alpha value is -1.77. The summed E-state index contributed by atoms with van der Waals surface area (Å²) in [5, 5.41) is 3.04. The molecule has 1 amide bonds. The van der Waals surface area contributed by atoms with Gasteiger partial charge in [-0.1, -0.05) is 289 Å². The SMILES string of the molecule is CCCCC/C=C\C/C=C\CCCCCCCCCC(=O)NC(COP(=O)([O-])OCC[N+](C)(C)C)C(/C=C/CCCCCCCCCCCCC)OC(=O)CCCCCCCCCCCCCCCCCCCCCCC. The summed E-state index contributed by atoms with van der Waals surface area (Å²) >= 11 is 0. The molecule has 3 unspecified atom stereocenters. The predicted molar refractivity (Wildman–Crippen MR) is 330 cm³/mol. The summed E-state index contributed by atoms with van der Waals surface area (Å²) in [5.74, 6) is -0.533. The first kappa shape index (κ1) is 75.2. The van der Waals surface area contributed by atoms with Gasteiger partial charge in [-0.15, -0.1) is 0 Å². The fourth-order valence-electron chi connectivity index (χ4n) is 9.91. The number of ether oxygens (including phenoxy) is 1.